The summed E-state index contributed by atoms with van der Waals surface area (Å²) in [5, 5.41) is 1.79. The van der Waals surface area contributed by atoms with Gasteiger partial charge in [0.2, 0.25) is 0 Å². The van der Waals surface area contributed by atoms with E-state index in [1.807, 2.05) is 13.0 Å². The van der Waals surface area contributed by atoms with Gasteiger partial charge in [-0.25, -0.2) is 4.98 Å². The van der Waals surface area contributed by atoms with Gasteiger partial charge in [0.1, 0.15) is 10.8 Å². The number of methoxy groups -OCH3 is 2. The van der Waals surface area contributed by atoms with Crippen molar-refractivity contribution in [2.75, 3.05) is 14.2 Å². The van der Waals surface area contributed by atoms with Gasteiger partial charge in [-0.15, -0.1) is 0 Å². The Morgan fingerprint density at radius 1 is 1.00 bits per heavy atom. The molecule has 1 heterocycles. The molecule has 0 unspecified atom stereocenters. The zero-order valence-electron chi connectivity index (χ0n) is 11.3. The van der Waals surface area contributed by atoms with Gasteiger partial charge in [0.05, 0.1) is 25.5 Å². The lowest BCUT2D eigenvalue weighted by atomic mass is 10.1. The first kappa shape index (κ1) is 12.9. The minimum atomic E-state index is 0.852. The van der Waals surface area contributed by atoms with Crippen molar-refractivity contribution in [3.8, 4) is 21.4 Å². The highest BCUT2D eigenvalue weighted by molar-refractivity contribution is 7.17. The minimum absolute atomic E-state index is 0.852. The monoisotopic (exact) mass is 263 g/mol. The number of ether oxygens (including phenoxy) is 2. The molecule has 18 heavy (non-hydrogen) atoms. The highest BCUT2D eigenvalue weighted by Gasteiger charge is 2.14. The zero-order chi connectivity index (χ0) is 13.3. The van der Waals surface area contributed by atoms with E-state index in [2.05, 4.69) is 24.9 Å². The molecule has 0 spiro atoms. The molecule has 1 aromatic carbocycles. The molecular weight excluding hydrogens is 246 g/mol. The molecule has 0 amide bonds. The van der Waals surface area contributed by atoms with E-state index in [1.54, 1.807) is 25.6 Å². The van der Waals surface area contributed by atoms with Crippen LogP contribution in [-0.4, -0.2) is 19.2 Å². The van der Waals surface area contributed by atoms with E-state index in [-0.39, 0.29) is 0 Å². The highest BCUT2D eigenvalue weighted by atomic mass is 32.1. The van der Waals surface area contributed by atoms with Gasteiger partial charge in [-0.1, -0.05) is 11.3 Å². The van der Waals surface area contributed by atoms with Crippen molar-refractivity contribution in [2.24, 2.45) is 0 Å². The first-order valence-electron chi connectivity index (χ1n) is 5.73. The van der Waals surface area contributed by atoms with Crippen molar-refractivity contribution in [3.63, 3.8) is 0 Å². The largest absolute Gasteiger partial charge is 0.496 e. The van der Waals surface area contributed by atoms with E-state index in [0.717, 1.165) is 27.1 Å². The molecule has 2 rings (SSSR count). The second-order valence-electron chi connectivity index (χ2n) is 4.23. The summed E-state index contributed by atoms with van der Waals surface area (Å²) in [6.45, 7) is 6.12. The van der Waals surface area contributed by atoms with Crippen LogP contribution in [0.3, 0.4) is 0 Å². The third-order valence-electron chi connectivity index (χ3n) is 2.99. The molecular formula is C14H17NO2S. The highest BCUT2D eigenvalue weighted by Crippen LogP contribution is 2.38. The molecule has 4 heteroatoms. The molecule has 0 radical (unpaired) electrons. The fourth-order valence-corrected chi connectivity index (χ4v) is 2.72. The number of thiazole rings is 1. The lowest BCUT2D eigenvalue weighted by Crippen LogP contribution is -1.91. The summed E-state index contributed by atoms with van der Waals surface area (Å²) in [6.07, 6.45) is 0. The van der Waals surface area contributed by atoms with Crippen molar-refractivity contribution in [2.45, 2.75) is 20.8 Å². The van der Waals surface area contributed by atoms with Crippen LogP contribution in [0.25, 0.3) is 10.6 Å². The Kier molecular flexibility index (Phi) is 3.57. The molecule has 0 N–H and O–H groups in total. The van der Waals surface area contributed by atoms with Gasteiger partial charge in [0, 0.05) is 0 Å². The van der Waals surface area contributed by atoms with Gasteiger partial charge >= 0.3 is 0 Å². The minimum Gasteiger partial charge on any atom is -0.496 e. The normalized spacial score (nSPS) is 10.5. The molecule has 0 fully saturated rings. The molecule has 96 valence electrons. The first-order chi connectivity index (χ1) is 8.56. The average molecular weight is 263 g/mol. The van der Waals surface area contributed by atoms with Crippen LogP contribution < -0.4 is 9.47 Å². The zero-order valence-corrected chi connectivity index (χ0v) is 12.1. The van der Waals surface area contributed by atoms with Crippen LogP contribution in [0.1, 0.15) is 16.8 Å². The van der Waals surface area contributed by atoms with Gasteiger partial charge in [-0.2, -0.15) is 0 Å². The fourth-order valence-electron chi connectivity index (χ4n) is 1.81. The van der Waals surface area contributed by atoms with Crippen molar-refractivity contribution in [1.29, 1.82) is 0 Å². The SMILES string of the molecule is COc1cc(C)c(C)cc1-c1nc(C)c(OC)s1. The topological polar surface area (TPSA) is 31.4 Å². The summed E-state index contributed by atoms with van der Waals surface area (Å²) in [6, 6.07) is 4.17. The smallest absolute Gasteiger partial charge is 0.197 e. The summed E-state index contributed by atoms with van der Waals surface area (Å²) in [5.41, 5.74) is 4.39. The van der Waals surface area contributed by atoms with Crippen molar-refractivity contribution in [3.05, 3.63) is 29.0 Å². The van der Waals surface area contributed by atoms with Gasteiger partial charge in [-0.3, -0.25) is 0 Å². The molecule has 2 aromatic rings. The lowest BCUT2D eigenvalue weighted by molar-refractivity contribution is 0.416. The number of hydrogen-bond acceptors (Lipinski definition) is 4. The molecule has 0 atom stereocenters. The Hall–Kier alpha value is -1.55. The molecule has 0 bridgehead atoms. The Balaban J connectivity index is 2.58. The fraction of sp³-hybridized carbons (Fsp3) is 0.357. The summed E-state index contributed by atoms with van der Waals surface area (Å²) in [5.74, 6) is 0.856. The predicted molar refractivity (Wildman–Crippen MR) is 74.9 cm³/mol. The Morgan fingerprint density at radius 2 is 1.67 bits per heavy atom. The van der Waals surface area contributed by atoms with Crippen LogP contribution in [-0.2, 0) is 0 Å². The second kappa shape index (κ2) is 4.98. The summed E-state index contributed by atoms with van der Waals surface area (Å²) in [4.78, 5) is 4.54. The Bertz CT molecular complexity index is 575. The van der Waals surface area contributed by atoms with Crippen LogP contribution >= 0.6 is 11.3 Å². The molecule has 0 aliphatic rings. The molecule has 0 saturated carbocycles. The Labute approximate surface area is 111 Å². The van der Waals surface area contributed by atoms with Crippen LogP contribution in [0, 0.1) is 20.8 Å². The second-order valence-corrected chi connectivity index (χ2v) is 5.19. The standard InChI is InChI=1S/C14H17NO2S/c1-8-6-11(12(16-4)7-9(8)2)13-15-10(3)14(17-5)18-13/h6-7H,1-5H3. The average Bonchev–Trinajstić information content (AvgIpc) is 2.73. The van der Waals surface area contributed by atoms with E-state index in [9.17, 15) is 0 Å². The molecule has 1 aromatic heterocycles. The number of hydrogen-bond donors (Lipinski definition) is 0. The van der Waals surface area contributed by atoms with E-state index >= 15 is 0 Å². The maximum atomic E-state index is 5.44. The number of nitrogens with zero attached hydrogens (tertiary/aromatic N) is 1. The quantitative estimate of drug-likeness (QED) is 0.845. The van der Waals surface area contributed by atoms with Crippen LogP contribution in [0.15, 0.2) is 12.1 Å². The van der Waals surface area contributed by atoms with E-state index in [1.165, 1.54) is 11.1 Å². The van der Waals surface area contributed by atoms with Crippen molar-refractivity contribution < 1.29 is 9.47 Å². The van der Waals surface area contributed by atoms with Gasteiger partial charge < -0.3 is 9.47 Å². The van der Waals surface area contributed by atoms with E-state index in [0.29, 0.717) is 0 Å². The predicted octanol–water partition coefficient (Wildman–Crippen LogP) is 3.75. The number of rotatable bonds is 3. The number of benzene rings is 1. The van der Waals surface area contributed by atoms with Gasteiger partial charge in [0.15, 0.2) is 5.06 Å². The third-order valence-corrected chi connectivity index (χ3v) is 4.14. The maximum absolute atomic E-state index is 5.44. The molecule has 3 nitrogen and oxygen atoms in total. The van der Waals surface area contributed by atoms with Crippen LogP contribution in [0.2, 0.25) is 0 Å². The van der Waals surface area contributed by atoms with Gasteiger partial charge in [-0.05, 0) is 44.0 Å². The van der Waals surface area contributed by atoms with Crippen molar-refractivity contribution >= 4 is 11.3 Å². The van der Waals surface area contributed by atoms with Gasteiger partial charge in [0.25, 0.3) is 0 Å². The summed E-state index contributed by atoms with van der Waals surface area (Å²) in [7, 11) is 3.35. The summed E-state index contributed by atoms with van der Waals surface area (Å²) >= 11 is 1.54. The van der Waals surface area contributed by atoms with E-state index < -0.39 is 0 Å². The molecule has 0 saturated heterocycles. The number of aryl methyl sites for hydroxylation is 3. The first-order valence-corrected chi connectivity index (χ1v) is 6.55. The maximum Gasteiger partial charge on any atom is 0.197 e. The van der Waals surface area contributed by atoms with E-state index in [4.69, 9.17) is 9.47 Å². The van der Waals surface area contributed by atoms with Crippen LogP contribution in [0.4, 0.5) is 0 Å². The number of aromatic nitrogens is 1. The molecule has 0 aliphatic heterocycles. The molecule has 0 aliphatic carbocycles. The van der Waals surface area contributed by atoms with Crippen LogP contribution in [0.5, 0.6) is 10.8 Å². The lowest BCUT2D eigenvalue weighted by Gasteiger charge is -2.09. The Morgan fingerprint density at radius 3 is 2.22 bits per heavy atom. The van der Waals surface area contributed by atoms with Crippen molar-refractivity contribution in [1.82, 2.24) is 4.98 Å². The summed E-state index contributed by atoms with van der Waals surface area (Å²) < 4.78 is 10.7. The third kappa shape index (κ3) is 2.20.